The number of carbonyl (C=O) groups is 1. The van der Waals surface area contributed by atoms with Crippen LogP contribution in [0.1, 0.15) is 0 Å². The van der Waals surface area contributed by atoms with Crippen molar-refractivity contribution in [3.05, 3.63) is 59.7 Å². The van der Waals surface area contributed by atoms with E-state index in [2.05, 4.69) is 10.3 Å². The Morgan fingerprint density at radius 1 is 1.12 bits per heavy atom. The Kier molecular flexibility index (Phi) is 6.80. The quantitative estimate of drug-likeness (QED) is 0.562. The van der Waals surface area contributed by atoms with Crippen LogP contribution >= 0.6 is 11.3 Å². The molecule has 1 aliphatic heterocycles. The molecule has 2 aromatic carbocycles. The number of morpholine rings is 1. The molecule has 0 radical (unpaired) electrons. The highest BCUT2D eigenvalue weighted by Gasteiger charge is 2.26. The van der Waals surface area contributed by atoms with Gasteiger partial charge in [-0.15, -0.1) is 11.3 Å². The van der Waals surface area contributed by atoms with E-state index in [9.17, 15) is 17.6 Å². The Morgan fingerprint density at radius 2 is 1.81 bits per heavy atom. The number of amides is 1. The number of nitrogens with zero attached hydrogens (tertiary/aromatic N) is 2. The minimum absolute atomic E-state index is 0.213. The largest absolute Gasteiger partial charge is 0.484 e. The zero-order valence-corrected chi connectivity index (χ0v) is 18.5. The van der Waals surface area contributed by atoms with Gasteiger partial charge >= 0.3 is 0 Å². The van der Waals surface area contributed by atoms with Crippen LogP contribution in [0, 0.1) is 5.82 Å². The van der Waals surface area contributed by atoms with E-state index in [-0.39, 0.29) is 17.3 Å². The topological polar surface area (TPSA) is 97.8 Å². The number of sulfonamides is 1. The van der Waals surface area contributed by atoms with Gasteiger partial charge in [-0.25, -0.2) is 17.8 Å². The van der Waals surface area contributed by atoms with E-state index >= 15 is 0 Å². The van der Waals surface area contributed by atoms with Crippen LogP contribution in [0.15, 0.2) is 58.8 Å². The second-order valence-electron chi connectivity index (χ2n) is 6.87. The highest BCUT2D eigenvalue weighted by molar-refractivity contribution is 7.89. The minimum atomic E-state index is -3.56. The van der Waals surface area contributed by atoms with Gasteiger partial charge in [0, 0.05) is 24.0 Å². The summed E-state index contributed by atoms with van der Waals surface area (Å²) in [5.41, 5.74) is 1.34. The molecule has 8 nitrogen and oxygen atoms in total. The molecule has 0 aliphatic carbocycles. The van der Waals surface area contributed by atoms with Crippen molar-refractivity contribution in [2.24, 2.45) is 0 Å². The summed E-state index contributed by atoms with van der Waals surface area (Å²) < 4.78 is 50.3. The van der Waals surface area contributed by atoms with E-state index in [1.54, 1.807) is 29.6 Å². The molecule has 1 amide bonds. The standard InChI is InChI=1S/C21H20FN3O5S2/c22-16-3-5-17(6-4-16)30-13-20(26)24-21-23-19(14-31-21)15-1-7-18(8-2-15)32(27,28)25-9-11-29-12-10-25/h1-8,14H,9-13H2,(H,23,24,26). The molecule has 1 aromatic heterocycles. The average molecular weight is 478 g/mol. The van der Waals surface area contributed by atoms with Crippen molar-refractivity contribution < 1.29 is 27.1 Å². The molecule has 4 rings (SSSR count). The third-order valence-electron chi connectivity index (χ3n) is 4.69. The second-order valence-corrected chi connectivity index (χ2v) is 9.67. The molecule has 0 spiro atoms. The third kappa shape index (κ3) is 5.30. The maximum atomic E-state index is 12.9. The van der Waals surface area contributed by atoms with Crippen LogP contribution in [0.4, 0.5) is 9.52 Å². The van der Waals surface area contributed by atoms with Gasteiger partial charge in [-0.05, 0) is 36.4 Å². The van der Waals surface area contributed by atoms with Crippen LogP contribution in [-0.4, -0.2) is 56.5 Å². The summed E-state index contributed by atoms with van der Waals surface area (Å²) in [5, 5.41) is 4.80. The van der Waals surface area contributed by atoms with E-state index in [0.717, 1.165) is 5.56 Å². The van der Waals surface area contributed by atoms with Crippen LogP contribution in [0.25, 0.3) is 11.3 Å². The second kappa shape index (κ2) is 9.74. The van der Waals surface area contributed by atoms with Crippen molar-refractivity contribution >= 4 is 32.4 Å². The molecular weight excluding hydrogens is 457 g/mol. The molecule has 168 valence electrons. The monoisotopic (exact) mass is 477 g/mol. The van der Waals surface area contributed by atoms with Gasteiger partial charge in [-0.2, -0.15) is 4.31 Å². The maximum Gasteiger partial charge on any atom is 0.264 e. The number of ether oxygens (including phenoxy) is 2. The van der Waals surface area contributed by atoms with E-state index in [1.165, 1.54) is 39.9 Å². The number of hydrogen-bond acceptors (Lipinski definition) is 7. The zero-order chi connectivity index (χ0) is 22.6. The predicted octanol–water partition coefficient (Wildman–Crippen LogP) is 2.99. The highest BCUT2D eigenvalue weighted by Crippen LogP contribution is 2.27. The smallest absolute Gasteiger partial charge is 0.264 e. The van der Waals surface area contributed by atoms with E-state index in [0.29, 0.717) is 42.9 Å². The first-order valence-electron chi connectivity index (χ1n) is 9.74. The lowest BCUT2D eigenvalue weighted by Gasteiger charge is -2.26. The summed E-state index contributed by atoms with van der Waals surface area (Å²) in [6.07, 6.45) is 0. The van der Waals surface area contributed by atoms with Crippen molar-refractivity contribution in [3.8, 4) is 17.0 Å². The Morgan fingerprint density at radius 3 is 2.50 bits per heavy atom. The first-order chi connectivity index (χ1) is 15.4. The number of aromatic nitrogens is 1. The van der Waals surface area contributed by atoms with Gasteiger partial charge in [0.15, 0.2) is 11.7 Å². The van der Waals surface area contributed by atoms with Gasteiger partial charge in [0.05, 0.1) is 23.8 Å². The van der Waals surface area contributed by atoms with Crippen molar-refractivity contribution in [1.82, 2.24) is 9.29 Å². The summed E-state index contributed by atoms with van der Waals surface area (Å²) in [7, 11) is -3.56. The van der Waals surface area contributed by atoms with Crippen molar-refractivity contribution in [2.45, 2.75) is 4.90 Å². The molecule has 1 N–H and O–H groups in total. The third-order valence-corrected chi connectivity index (χ3v) is 7.36. The Balaban J connectivity index is 1.36. The molecule has 1 aliphatic rings. The summed E-state index contributed by atoms with van der Waals surface area (Å²) in [4.78, 5) is 16.7. The number of nitrogens with one attached hydrogen (secondary N) is 1. The lowest BCUT2D eigenvalue weighted by Crippen LogP contribution is -2.40. The fourth-order valence-electron chi connectivity index (χ4n) is 3.03. The molecule has 0 unspecified atom stereocenters. The number of benzene rings is 2. The molecule has 1 saturated heterocycles. The number of carbonyl (C=O) groups excluding carboxylic acids is 1. The molecule has 11 heteroatoms. The van der Waals surface area contributed by atoms with Gasteiger partial charge in [-0.1, -0.05) is 12.1 Å². The van der Waals surface area contributed by atoms with Gasteiger partial charge in [0.1, 0.15) is 11.6 Å². The van der Waals surface area contributed by atoms with Crippen molar-refractivity contribution in [1.29, 1.82) is 0 Å². The van der Waals surface area contributed by atoms with Gasteiger partial charge in [0.2, 0.25) is 10.0 Å². The minimum Gasteiger partial charge on any atom is -0.484 e. The van der Waals surface area contributed by atoms with Crippen LogP contribution in [-0.2, 0) is 19.6 Å². The lowest BCUT2D eigenvalue weighted by atomic mass is 10.2. The molecule has 0 bridgehead atoms. The van der Waals surface area contributed by atoms with Crippen LogP contribution < -0.4 is 10.1 Å². The average Bonchev–Trinajstić information content (AvgIpc) is 3.28. The Labute approximate surface area is 188 Å². The SMILES string of the molecule is O=C(COc1ccc(F)cc1)Nc1nc(-c2ccc(S(=O)(=O)N3CCOCC3)cc2)cs1. The van der Waals surface area contributed by atoms with Crippen molar-refractivity contribution in [3.63, 3.8) is 0 Å². The van der Waals surface area contributed by atoms with Crippen molar-refractivity contribution in [2.75, 3.05) is 38.2 Å². The molecule has 0 atom stereocenters. The number of halogens is 1. The summed E-state index contributed by atoms with van der Waals surface area (Å²) >= 11 is 1.24. The molecule has 2 heterocycles. The molecule has 3 aromatic rings. The van der Waals surface area contributed by atoms with Gasteiger partial charge in [-0.3, -0.25) is 10.1 Å². The first kappa shape index (κ1) is 22.3. The lowest BCUT2D eigenvalue weighted by molar-refractivity contribution is -0.118. The van der Waals surface area contributed by atoms with E-state index in [4.69, 9.17) is 9.47 Å². The van der Waals surface area contributed by atoms with E-state index in [1.807, 2.05) is 0 Å². The maximum absolute atomic E-state index is 12.9. The van der Waals surface area contributed by atoms with E-state index < -0.39 is 15.9 Å². The zero-order valence-electron chi connectivity index (χ0n) is 16.9. The Bertz CT molecular complexity index is 1170. The number of anilines is 1. The fraction of sp³-hybridized carbons (Fsp3) is 0.238. The first-order valence-corrected chi connectivity index (χ1v) is 12.1. The predicted molar refractivity (Wildman–Crippen MR) is 118 cm³/mol. The molecule has 0 saturated carbocycles. The van der Waals surface area contributed by atoms with Crippen LogP contribution in [0.2, 0.25) is 0 Å². The fourth-order valence-corrected chi connectivity index (χ4v) is 5.18. The Hall–Kier alpha value is -2.86. The van der Waals surface area contributed by atoms with Crippen LogP contribution in [0.5, 0.6) is 5.75 Å². The molecule has 1 fully saturated rings. The van der Waals surface area contributed by atoms with Crippen LogP contribution in [0.3, 0.4) is 0 Å². The number of rotatable bonds is 7. The summed E-state index contributed by atoms with van der Waals surface area (Å²) in [6.45, 7) is 1.21. The van der Waals surface area contributed by atoms with Gasteiger partial charge in [0.25, 0.3) is 5.91 Å². The number of hydrogen-bond donors (Lipinski definition) is 1. The number of thiazole rings is 1. The van der Waals surface area contributed by atoms with Gasteiger partial charge < -0.3 is 9.47 Å². The molecular formula is C21H20FN3O5S2. The molecule has 32 heavy (non-hydrogen) atoms. The summed E-state index contributed by atoms with van der Waals surface area (Å²) in [6, 6.07) is 11.8. The highest BCUT2D eigenvalue weighted by atomic mass is 32.2. The summed E-state index contributed by atoms with van der Waals surface area (Å²) in [5.74, 6) is -0.403. The normalized spacial score (nSPS) is 14.8.